The maximum Gasteiger partial charge on any atom is 0.297 e. The number of H-pyrrole nitrogens is 1. The first-order valence-electron chi connectivity index (χ1n) is 11.9. The van der Waals surface area contributed by atoms with Crippen LogP contribution >= 0.6 is 0 Å². The predicted molar refractivity (Wildman–Crippen MR) is 136 cm³/mol. The molecule has 0 aliphatic heterocycles. The number of anilines is 2. The van der Waals surface area contributed by atoms with Gasteiger partial charge in [0.15, 0.2) is 23.3 Å². The molecule has 1 fully saturated rings. The molecular formula is C23H24F3N9O3S. The molecule has 3 heterocycles. The average Bonchev–Trinajstić information content (AvgIpc) is 3.43. The minimum atomic E-state index is -4.05. The Bertz CT molecular complexity index is 1670. The number of rotatable bonds is 7. The zero-order valence-corrected chi connectivity index (χ0v) is 21.3. The Balaban J connectivity index is 1.29. The second-order valence-corrected chi connectivity index (χ2v) is 10.6. The Labute approximate surface area is 220 Å². The topological polar surface area (TPSA) is 173 Å². The first kappa shape index (κ1) is 26.4. The summed E-state index contributed by atoms with van der Waals surface area (Å²) < 4.78 is 68.3. The van der Waals surface area contributed by atoms with Crippen LogP contribution in [0, 0.1) is 17.5 Å². The van der Waals surface area contributed by atoms with Crippen LogP contribution in [-0.4, -0.2) is 51.1 Å². The van der Waals surface area contributed by atoms with Gasteiger partial charge in [0.1, 0.15) is 17.3 Å². The Morgan fingerprint density at radius 3 is 2.69 bits per heavy atom. The van der Waals surface area contributed by atoms with E-state index in [1.807, 2.05) is 4.72 Å². The van der Waals surface area contributed by atoms with E-state index in [2.05, 4.69) is 30.7 Å². The van der Waals surface area contributed by atoms with Crippen molar-refractivity contribution >= 4 is 38.7 Å². The highest BCUT2D eigenvalue weighted by Crippen LogP contribution is 2.30. The van der Waals surface area contributed by atoms with E-state index in [1.54, 1.807) is 0 Å². The first-order chi connectivity index (χ1) is 18.5. The number of amides is 1. The second-order valence-electron chi connectivity index (χ2n) is 9.27. The second kappa shape index (κ2) is 10.2. The Kier molecular flexibility index (Phi) is 6.90. The number of hydrogen-bond acceptors (Lipinski definition) is 7. The van der Waals surface area contributed by atoms with Crippen LogP contribution in [0.25, 0.3) is 22.3 Å². The van der Waals surface area contributed by atoms with E-state index in [4.69, 9.17) is 5.14 Å². The lowest BCUT2D eigenvalue weighted by Gasteiger charge is -2.30. The standard InChI is InChI=1S/C23H24F3N9O3S/c1-35-18(8-19(33-35)34-39(27,37)38)23(36)31-13-4-2-3-12(7-13)30-22-17(26)10-29-21(32-22)15-9-28-20-14(15)5-11(24)6-16(20)25/h5-6,8-10,12-13,28H,2-4,7H2,1H3,(H,31,36)(H,33,34)(H2,27,37,38)(H,29,30,32)/t12-,13?/m0/s1. The number of hydrogen-bond donors (Lipinski definition) is 5. The van der Waals surface area contributed by atoms with Gasteiger partial charge in [-0.1, -0.05) is 0 Å². The van der Waals surface area contributed by atoms with Gasteiger partial charge in [0.2, 0.25) is 0 Å². The fourth-order valence-electron chi connectivity index (χ4n) is 4.72. The summed E-state index contributed by atoms with van der Waals surface area (Å²) in [6.07, 6.45) is 4.95. The zero-order chi connectivity index (χ0) is 27.9. The fraction of sp³-hybridized carbons (Fsp3) is 0.304. The molecule has 1 unspecified atom stereocenters. The molecule has 12 nitrogen and oxygen atoms in total. The third-order valence-electron chi connectivity index (χ3n) is 6.40. The molecule has 2 atom stereocenters. The van der Waals surface area contributed by atoms with Gasteiger partial charge in [-0.2, -0.15) is 13.5 Å². The van der Waals surface area contributed by atoms with E-state index in [-0.39, 0.29) is 46.1 Å². The molecule has 3 aromatic heterocycles. The predicted octanol–water partition coefficient (Wildman–Crippen LogP) is 2.54. The lowest BCUT2D eigenvalue weighted by molar-refractivity contribution is 0.0916. The van der Waals surface area contributed by atoms with Crippen molar-refractivity contribution in [2.24, 2.45) is 12.2 Å². The molecule has 6 N–H and O–H groups in total. The maximum atomic E-state index is 14.6. The lowest BCUT2D eigenvalue weighted by atomic mass is 9.91. The van der Waals surface area contributed by atoms with Crippen molar-refractivity contribution in [1.29, 1.82) is 0 Å². The summed E-state index contributed by atoms with van der Waals surface area (Å²) in [6.45, 7) is 0. The quantitative estimate of drug-likeness (QED) is 0.230. The van der Waals surface area contributed by atoms with Gasteiger partial charge >= 0.3 is 0 Å². The molecule has 39 heavy (non-hydrogen) atoms. The molecule has 0 radical (unpaired) electrons. The van der Waals surface area contributed by atoms with Crippen LogP contribution in [-0.2, 0) is 17.3 Å². The number of aromatic nitrogens is 5. The Morgan fingerprint density at radius 2 is 1.92 bits per heavy atom. The van der Waals surface area contributed by atoms with Gasteiger partial charge in [-0.05, 0) is 31.7 Å². The molecule has 206 valence electrons. The monoisotopic (exact) mass is 563 g/mol. The van der Waals surface area contributed by atoms with Crippen molar-refractivity contribution in [3.63, 3.8) is 0 Å². The molecule has 1 aromatic carbocycles. The van der Waals surface area contributed by atoms with Crippen molar-refractivity contribution < 1.29 is 26.4 Å². The number of nitrogens with zero attached hydrogens (tertiary/aromatic N) is 4. The zero-order valence-electron chi connectivity index (χ0n) is 20.5. The normalized spacial score (nSPS) is 17.8. The summed E-state index contributed by atoms with van der Waals surface area (Å²) in [6, 6.07) is 2.66. The van der Waals surface area contributed by atoms with Gasteiger partial charge in [-0.15, -0.1) is 0 Å². The smallest absolute Gasteiger partial charge is 0.297 e. The molecule has 16 heteroatoms. The van der Waals surface area contributed by atoms with E-state index in [9.17, 15) is 26.4 Å². The summed E-state index contributed by atoms with van der Waals surface area (Å²) in [7, 11) is -2.56. The van der Waals surface area contributed by atoms with Gasteiger partial charge in [0.05, 0.1) is 11.7 Å². The summed E-state index contributed by atoms with van der Waals surface area (Å²) in [5.74, 6) is -2.79. The number of fused-ring (bicyclic) bond motifs is 1. The molecule has 0 spiro atoms. The number of aryl methyl sites for hydroxylation is 1. The number of carbonyl (C=O) groups is 1. The number of nitrogens with one attached hydrogen (secondary N) is 4. The van der Waals surface area contributed by atoms with Gasteiger partial charge in [-0.3, -0.25) is 14.2 Å². The summed E-state index contributed by atoms with van der Waals surface area (Å²) in [5.41, 5.74) is 0.516. The number of nitrogens with two attached hydrogens (primary N) is 1. The van der Waals surface area contributed by atoms with Crippen molar-refractivity contribution in [2.75, 3.05) is 10.0 Å². The van der Waals surface area contributed by atoms with Crippen molar-refractivity contribution in [3.05, 3.63) is 53.7 Å². The van der Waals surface area contributed by atoms with Gasteiger partial charge in [0.25, 0.3) is 16.1 Å². The number of halogens is 3. The molecule has 1 amide bonds. The minimum Gasteiger partial charge on any atom is -0.365 e. The molecule has 1 saturated carbocycles. The fourth-order valence-corrected chi connectivity index (χ4v) is 5.11. The Hall–Kier alpha value is -4.18. The average molecular weight is 564 g/mol. The van der Waals surface area contributed by atoms with Crippen LogP contribution in [0.15, 0.2) is 30.6 Å². The number of benzene rings is 1. The van der Waals surface area contributed by atoms with Crippen LogP contribution < -0.4 is 20.5 Å². The van der Waals surface area contributed by atoms with Gasteiger partial charge < -0.3 is 15.6 Å². The van der Waals surface area contributed by atoms with Gasteiger partial charge in [0, 0.05) is 48.4 Å². The highest BCUT2D eigenvalue weighted by atomic mass is 32.2. The molecule has 1 aliphatic rings. The SMILES string of the molecule is Cn1nc(NS(N)(=O)=O)cc1C(=O)NC1CCC[C@H](Nc2nc(-c3c[nH]c4c(F)cc(F)cc34)ncc2F)C1. The molecule has 1 aliphatic carbocycles. The minimum absolute atomic E-state index is 0.0754. The third kappa shape index (κ3) is 5.80. The lowest BCUT2D eigenvalue weighted by Crippen LogP contribution is -2.42. The Morgan fingerprint density at radius 1 is 1.15 bits per heavy atom. The van der Waals surface area contributed by atoms with E-state index in [0.29, 0.717) is 24.8 Å². The van der Waals surface area contributed by atoms with Crippen LogP contribution in [0.1, 0.15) is 36.2 Å². The molecule has 4 aromatic rings. The van der Waals surface area contributed by atoms with Crippen LogP contribution in [0.2, 0.25) is 0 Å². The number of carbonyl (C=O) groups excluding carboxylic acids is 1. The molecular weight excluding hydrogens is 539 g/mol. The van der Waals surface area contributed by atoms with Crippen LogP contribution in [0.5, 0.6) is 0 Å². The van der Waals surface area contributed by atoms with Crippen LogP contribution in [0.3, 0.4) is 0 Å². The summed E-state index contributed by atoms with van der Waals surface area (Å²) >= 11 is 0. The van der Waals surface area contributed by atoms with E-state index >= 15 is 0 Å². The van der Waals surface area contributed by atoms with Crippen LogP contribution in [0.4, 0.5) is 24.8 Å². The van der Waals surface area contributed by atoms with E-state index in [1.165, 1.54) is 24.0 Å². The molecule has 0 bridgehead atoms. The van der Waals surface area contributed by atoms with Gasteiger partial charge in [-0.25, -0.2) is 28.3 Å². The van der Waals surface area contributed by atoms with Crippen molar-refractivity contribution in [1.82, 2.24) is 30.0 Å². The van der Waals surface area contributed by atoms with E-state index in [0.717, 1.165) is 24.8 Å². The highest BCUT2D eigenvalue weighted by Gasteiger charge is 2.26. The van der Waals surface area contributed by atoms with Crippen molar-refractivity contribution in [3.8, 4) is 11.4 Å². The largest absolute Gasteiger partial charge is 0.365 e. The third-order valence-corrected chi connectivity index (χ3v) is 6.89. The first-order valence-corrected chi connectivity index (χ1v) is 13.4. The number of aromatic amines is 1. The maximum absolute atomic E-state index is 14.6. The van der Waals surface area contributed by atoms with Crippen molar-refractivity contribution in [2.45, 2.75) is 37.8 Å². The molecule has 5 rings (SSSR count). The molecule has 0 saturated heterocycles. The van der Waals surface area contributed by atoms with E-state index < -0.39 is 33.6 Å². The highest BCUT2D eigenvalue weighted by molar-refractivity contribution is 7.90. The summed E-state index contributed by atoms with van der Waals surface area (Å²) in [5, 5.41) is 15.1. The summed E-state index contributed by atoms with van der Waals surface area (Å²) in [4.78, 5) is 23.8.